The normalized spacial score (nSPS) is 10.6. The Kier molecular flexibility index (Phi) is 3.78. The van der Waals surface area contributed by atoms with Crippen molar-refractivity contribution in [1.29, 1.82) is 0 Å². The van der Waals surface area contributed by atoms with Gasteiger partial charge in [0.1, 0.15) is 11.6 Å². The molecule has 5 nitrogen and oxygen atoms in total. The maximum atomic E-state index is 9.45. The van der Waals surface area contributed by atoms with E-state index < -0.39 is 0 Å². The third-order valence-corrected chi connectivity index (χ3v) is 3.19. The molecule has 2 rings (SSSR count). The van der Waals surface area contributed by atoms with Gasteiger partial charge in [-0.25, -0.2) is 9.97 Å². The Morgan fingerprint density at radius 2 is 2.17 bits per heavy atom. The third kappa shape index (κ3) is 2.60. The maximum Gasteiger partial charge on any atom is 0.162 e. The lowest BCUT2D eigenvalue weighted by molar-refractivity contribution is 0.181. The van der Waals surface area contributed by atoms with Crippen LogP contribution < -0.4 is 5.73 Å². The van der Waals surface area contributed by atoms with Gasteiger partial charge in [-0.2, -0.15) is 0 Å². The largest absolute Gasteiger partial charge is 0.508 e. The van der Waals surface area contributed by atoms with E-state index in [9.17, 15) is 5.11 Å². The van der Waals surface area contributed by atoms with Crippen LogP contribution in [-0.2, 0) is 11.3 Å². The van der Waals surface area contributed by atoms with Crippen LogP contribution in [0.15, 0.2) is 28.7 Å². The lowest BCUT2D eigenvalue weighted by Gasteiger charge is -2.08. The summed E-state index contributed by atoms with van der Waals surface area (Å²) in [6, 6.07) is 6.70. The molecule has 1 aromatic heterocycles. The summed E-state index contributed by atoms with van der Waals surface area (Å²) in [5, 5.41) is 9.45. The van der Waals surface area contributed by atoms with Crippen molar-refractivity contribution >= 4 is 21.7 Å². The summed E-state index contributed by atoms with van der Waals surface area (Å²) in [4.78, 5) is 8.54. The number of rotatable bonds is 3. The lowest BCUT2D eigenvalue weighted by atomic mass is 10.2. The van der Waals surface area contributed by atoms with Crippen LogP contribution in [0.25, 0.3) is 11.4 Å². The highest BCUT2D eigenvalue weighted by Gasteiger charge is 2.11. The third-order valence-electron chi connectivity index (χ3n) is 2.33. The predicted molar refractivity (Wildman–Crippen MR) is 72.0 cm³/mol. The smallest absolute Gasteiger partial charge is 0.162 e. The highest BCUT2D eigenvalue weighted by Crippen LogP contribution is 2.26. The zero-order valence-electron chi connectivity index (χ0n) is 9.72. The Morgan fingerprint density at radius 3 is 2.83 bits per heavy atom. The van der Waals surface area contributed by atoms with Gasteiger partial charge in [-0.15, -0.1) is 0 Å². The highest BCUT2D eigenvalue weighted by molar-refractivity contribution is 9.10. The van der Waals surface area contributed by atoms with Crippen molar-refractivity contribution in [2.45, 2.75) is 6.61 Å². The molecule has 1 heterocycles. The van der Waals surface area contributed by atoms with E-state index in [2.05, 4.69) is 25.9 Å². The van der Waals surface area contributed by atoms with Crippen LogP contribution in [0.4, 0.5) is 5.82 Å². The van der Waals surface area contributed by atoms with Gasteiger partial charge in [0.05, 0.1) is 16.8 Å². The van der Waals surface area contributed by atoms with Crippen molar-refractivity contribution in [2.75, 3.05) is 12.8 Å². The fourth-order valence-electron chi connectivity index (χ4n) is 1.52. The summed E-state index contributed by atoms with van der Waals surface area (Å²) < 4.78 is 5.69. The molecule has 0 aliphatic heterocycles. The first kappa shape index (κ1) is 12.8. The number of ether oxygens (including phenoxy) is 1. The Morgan fingerprint density at radius 1 is 1.39 bits per heavy atom. The van der Waals surface area contributed by atoms with Crippen molar-refractivity contribution in [1.82, 2.24) is 9.97 Å². The van der Waals surface area contributed by atoms with Gasteiger partial charge in [0.2, 0.25) is 0 Å². The first-order valence-corrected chi connectivity index (χ1v) is 6.01. The fourth-order valence-corrected chi connectivity index (χ4v) is 1.81. The summed E-state index contributed by atoms with van der Waals surface area (Å²) in [7, 11) is 1.58. The average Bonchev–Trinajstić information content (AvgIpc) is 2.35. The number of halogens is 1. The summed E-state index contributed by atoms with van der Waals surface area (Å²) in [5.74, 6) is 0.958. The van der Waals surface area contributed by atoms with E-state index in [-0.39, 0.29) is 5.75 Å². The lowest BCUT2D eigenvalue weighted by Crippen LogP contribution is -2.03. The first-order chi connectivity index (χ1) is 8.61. The zero-order valence-corrected chi connectivity index (χ0v) is 11.3. The fraction of sp³-hybridized carbons (Fsp3) is 0.167. The molecule has 18 heavy (non-hydrogen) atoms. The van der Waals surface area contributed by atoms with Crippen LogP contribution in [0, 0.1) is 0 Å². The minimum Gasteiger partial charge on any atom is -0.508 e. The summed E-state index contributed by atoms with van der Waals surface area (Å²) in [6.07, 6.45) is 0. The molecular formula is C12H12BrN3O2. The number of benzene rings is 1. The van der Waals surface area contributed by atoms with E-state index in [4.69, 9.17) is 10.5 Å². The average molecular weight is 310 g/mol. The molecule has 0 radical (unpaired) electrons. The van der Waals surface area contributed by atoms with Gasteiger partial charge in [0.25, 0.3) is 0 Å². The van der Waals surface area contributed by atoms with E-state index in [1.165, 1.54) is 0 Å². The Labute approximate surface area is 113 Å². The maximum absolute atomic E-state index is 9.45. The van der Waals surface area contributed by atoms with Crippen molar-refractivity contribution in [3.8, 4) is 17.1 Å². The number of nitrogens with zero attached hydrogens (tertiary/aromatic N) is 2. The standard InChI is InChI=1S/C12H12BrN3O2/c1-18-6-9-10(13)11(14)16-12(15-9)7-3-2-4-8(17)5-7/h2-5,17H,6H2,1H3,(H2,14,15,16). The molecule has 0 aliphatic rings. The molecule has 6 heteroatoms. The number of nitrogens with two attached hydrogens (primary N) is 1. The summed E-state index contributed by atoms with van der Waals surface area (Å²) >= 11 is 3.32. The second kappa shape index (κ2) is 5.32. The van der Waals surface area contributed by atoms with Crippen molar-refractivity contribution in [2.24, 2.45) is 0 Å². The quantitative estimate of drug-likeness (QED) is 0.909. The molecule has 0 aliphatic carbocycles. The molecule has 0 saturated heterocycles. The topological polar surface area (TPSA) is 81.3 Å². The number of anilines is 1. The summed E-state index contributed by atoms with van der Waals surface area (Å²) in [5.41, 5.74) is 7.18. The van der Waals surface area contributed by atoms with Gasteiger partial charge in [0.15, 0.2) is 5.82 Å². The Balaban J connectivity index is 2.51. The van der Waals surface area contributed by atoms with E-state index >= 15 is 0 Å². The molecule has 0 saturated carbocycles. The Hall–Kier alpha value is -1.66. The van der Waals surface area contributed by atoms with Crippen LogP contribution in [-0.4, -0.2) is 22.2 Å². The minimum atomic E-state index is 0.158. The molecule has 1 aromatic carbocycles. The number of phenols is 1. The number of aromatic nitrogens is 2. The Bertz CT molecular complexity index is 575. The van der Waals surface area contributed by atoms with Crippen LogP contribution in [0.2, 0.25) is 0 Å². The van der Waals surface area contributed by atoms with E-state index in [0.717, 1.165) is 0 Å². The van der Waals surface area contributed by atoms with E-state index in [1.807, 2.05) is 0 Å². The number of aromatic hydroxyl groups is 1. The van der Waals surface area contributed by atoms with Crippen LogP contribution in [0.1, 0.15) is 5.69 Å². The van der Waals surface area contributed by atoms with Crippen LogP contribution in [0.3, 0.4) is 0 Å². The van der Waals surface area contributed by atoms with Crippen LogP contribution in [0.5, 0.6) is 5.75 Å². The SMILES string of the molecule is COCc1nc(-c2cccc(O)c2)nc(N)c1Br. The minimum absolute atomic E-state index is 0.158. The van der Waals surface area contributed by atoms with Crippen molar-refractivity contribution in [3.05, 3.63) is 34.4 Å². The number of phenolic OH excluding ortho intramolecular Hbond substituents is 1. The number of hydrogen-bond donors (Lipinski definition) is 2. The first-order valence-electron chi connectivity index (χ1n) is 5.22. The second-order valence-electron chi connectivity index (χ2n) is 3.68. The molecule has 0 bridgehead atoms. The predicted octanol–water partition coefficient (Wildman–Crippen LogP) is 2.34. The zero-order chi connectivity index (χ0) is 13.1. The number of nitrogen functional groups attached to an aromatic ring is 1. The molecule has 0 atom stereocenters. The van der Waals surface area contributed by atoms with Gasteiger partial charge >= 0.3 is 0 Å². The number of methoxy groups -OCH3 is 1. The van der Waals surface area contributed by atoms with Gasteiger partial charge < -0.3 is 15.6 Å². The molecule has 0 unspecified atom stereocenters. The molecular weight excluding hydrogens is 298 g/mol. The van der Waals surface area contributed by atoms with Gasteiger partial charge in [-0.1, -0.05) is 12.1 Å². The van der Waals surface area contributed by atoms with Crippen LogP contribution >= 0.6 is 15.9 Å². The van der Waals surface area contributed by atoms with Crippen molar-refractivity contribution in [3.63, 3.8) is 0 Å². The monoisotopic (exact) mass is 309 g/mol. The number of hydrogen-bond acceptors (Lipinski definition) is 5. The van der Waals surface area contributed by atoms with E-state index in [0.29, 0.717) is 34.0 Å². The highest BCUT2D eigenvalue weighted by atomic mass is 79.9. The summed E-state index contributed by atoms with van der Waals surface area (Å²) in [6.45, 7) is 0.332. The second-order valence-corrected chi connectivity index (χ2v) is 4.47. The van der Waals surface area contributed by atoms with Gasteiger partial charge in [-0.05, 0) is 28.1 Å². The molecule has 94 valence electrons. The molecule has 2 aromatic rings. The van der Waals surface area contributed by atoms with E-state index in [1.54, 1.807) is 31.4 Å². The van der Waals surface area contributed by atoms with Gasteiger partial charge in [0, 0.05) is 12.7 Å². The molecule has 0 spiro atoms. The molecule has 0 amide bonds. The molecule has 3 N–H and O–H groups in total. The van der Waals surface area contributed by atoms with Gasteiger partial charge in [-0.3, -0.25) is 0 Å². The molecule has 0 fully saturated rings. The van der Waals surface area contributed by atoms with Crippen molar-refractivity contribution < 1.29 is 9.84 Å².